The highest BCUT2D eigenvalue weighted by molar-refractivity contribution is 5.53. The lowest BCUT2D eigenvalue weighted by Gasteiger charge is -2.38. The van der Waals surface area contributed by atoms with Crippen LogP contribution in [0.4, 0.5) is 0 Å². The summed E-state index contributed by atoms with van der Waals surface area (Å²) in [4.78, 5) is 0. The molecule has 1 aliphatic rings. The van der Waals surface area contributed by atoms with Gasteiger partial charge in [0.2, 0.25) is 5.75 Å². The van der Waals surface area contributed by atoms with E-state index in [1.165, 1.54) is 26.4 Å². The van der Waals surface area contributed by atoms with Crippen LogP contribution in [0.25, 0.3) is 0 Å². The molecule has 0 radical (unpaired) electrons. The van der Waals surface area contributed by atoms with Gasteiger partial charge in [-0.1, -0.05) is 12.1 Å². The number of rotatable bonds is 12. The van der Waals surface area contributed by atoms with Crippen molar-refractivity contribution in [2.75, 3.05) is 27.4 Å². The average Bonchev–Trinajstić information content (AvgIpc) is 2.91. The Balaban J connectivity index is 1.52. The quantitative estimate of drug-likeness (QED) is 0.216. The van der Waals surface area contributed by atoms with Gasteiger partial charge in [0.25, 0.3) is 0 Å². The molecule has 1 heterocycles. The molecular weight excluding hydrogens is 488 g/mol. The number of ether oxygens (including phenoxy) is 5. The number of hydrogen-bond acceptors (Lipinski definition) is 11. The molecule has 0 amide bonds. The summed E-state index contributed by atoms with van der Waals surface area (Å²) in [5, 5.41) is 60.3. The van der Waals surface area contributed by atoms with Gasteiger partial charge in [-0.05, 0) is 55.2 Å². The Hall–Kier alpha value is -2.64. The van der Waals surface area contributed by atoms with Crippen LogP contribution in [0.15, 0.2) is 36.4 Å². The van der Waals surface area contributed by atoms with Gasteiger partial charge in [0.15, 0.2) is 23.9 Å². The predicted octanol–water partition coefficient (Wildman–Crippen LogP) is 0.659. The maximum atomic E-state index is 10.8. The zero-order chi connectivity index (χ0) is 27.1. The van der Waals surface area contributed by atoms with Crippen molar-refractivity contribution < 1.29 is 54.3 Å². The van der Waals surface area contributed by atoms with E-state index in [0.717, 1.165) is 5.56 Å². The van der Waals surface area contributed by atoms with E-state index in [9.17, 15) is 30.6 Å². The van der Waals surface area contributed by atoms with Crippen molar-refractivity contribution in [1.29, 1.82) is 0 Å². The number of aromatic hydroxyl groups is 1. The van der Waals surface area contributed by atoms with E-state index in [2.05, 4.69) is 0 Å². The summed E-state index contributed by atoms with van der Waals surface area (Å²) in [6.07, 6.45) is -6.46. The van der Waals surface area contributed by atoms with E-state index < -0.39 is 49.5 Å². The highest BCUT2D eigenvalue weighted by Crippen LogP contribution is 2.39. The second-order valence-electron chi connectivity index (χ2n) is 8.86. The van der Waals surface area contributed by atoms with Gasteiger partial charge in [0.05, 0.1) is 33.5 Å². The van der Waals surface area contributed by atoms with E-state index in [1.807, 2.05) is 12.1 Å². The average molecular weight is 525 g/mol. The third-order valence-electron chi connectivity index (χ3n) is 6.29. The van der Waals surface area contributed by atoms with Gasteiger partial charge < -0.3 is 54.3 Å². The van der Waals surface area contributed by atoms with Gasteiger partial charge in [-0.25, -0.2) is 0 Å². The van der Waals surface area contributed by atoms with Crippen LogP contribution in [-0.2, 0) is 15.9 Å². The van der Waals surface area contributed by atoms with E-state index >= 15 is 0 Å². The molecule has 37 heavy (non-hydrogen) atoms. The van der Waals surface area contributed by atoms with Crippen LogP contribution < -0.4 is 14.2 Å². The molecule has 6 N–H and O–H groups in total. The first-order chi connectivity index (χ1) is 17.7. The second-order valence-corrected chi connectivity index (χ2v) is 8.86. The second kappa shape index (κ2) is 13.2. The smallest absolute Gasteiger partial charge is 0.200 e. The zero-order valence-electron chi connectivity index (χ0n) is 21.1. The lowest BCUT2D eigenvalue weighted by atomic mass is 10.00. The molecule has 0 bridgehead atoms. The van der Waals surface area contributed by atoms with Gasteiger partial charge in [-0.2, -0.15) is 0 Å². The minimum atomic E-state index is -1.33. The molecule has 7 atom stereocenters. The summed E-state index contributed by atoms with van der Waals surface area (Å²) < 4.78 is 27.0. The number of phenolic OH excluding ortho intramolecular Hbond substituents is 1. The van der Waals surface area contributed by atoms with Crippen LogP contribution in [0.2, 0.25) is 0 Å². The fourth-order valence-electron chi connectivity index (χ4n) is 4.04. The van der Waals surface area contributed by atoms with Gasteiger partial charge in [-0.15, -0.1) is 0 Å². The van der Waals surface area contributed by atoms with Crippen molar-refractivity contribution in [3.05, 3.63) is 47.5 Å². The fourth-order valence-corrected chi connectivity index (χ4v) is 4.04. The molecule has 0 spiro atoms. The Bertz CT molecular complexity index is 958. The highest BCUT2D eigenvalue weighted by atomic mass is 16.7. The van der Waals surface area contributed by atoms with Crippen LogP contribution in [0.1, 0.15) is 30.6 Å². The number of aliphatic hydroxyl groups is 5. The predicted molar refractivity (Wildman–Crippen MR) is 131 cm³/mol. The third-order valence-corrected chi connectivity index (χ3v) is 6.29. The van der Waals surface area contributed by atoms with Crippen molar-refractivity contribution in [1.82, 2.24) is 0 Å². The van der Waals surface area contributed by atoms with Crippen LogP contribution in [0, 0.1) is 0 Å². The molecule has 3 rings (SSSR count). The van der Waals surface area contributed by atoms with Crippen LogP contribution in [0.5, 0.6) is 23.0 Å². The topological polar surface area (TPSA) is 168 Å². The molecule has 1 fully saturated rings. The molecular formula is C26H36O11. The Morgan fingerprint density at radius 2 is 1.57 bits per heavy atom. The maximum absolute atomic E-state index is 10.8. The Labute approximate surface area is 215 Å². The maximum Gasteiger partial charge on any atom is 0.200 e. The Morgan fingerprint density at radius 3 is 2.14 bits per heavy atom. The summed E-state index contributed by atoms with van der Waals surface area (Å²) in [5.41, 5.74) is 1.32. The van der Waals surface area contributed by atoms with Crippen molar-refractivity contribution in [3.8, 4) is 23.0 Å². The molecule has 2 unspecified atom stereocenters. The summed E-state index contributed by atoms with van der Waals surface area (Å²) in [5.74, 6) is 0.477. The largest absolute Gasteiger partial charge is 0.502 e. The van der Waals surface area contributed by atoms with Crippen molar-refractivity contribution in [2.45, 2.75) is 62.7 Å². The molecule has 1 saturated heterocycles. The van der Waals surface area contributed by atoms with E-state index in [4.69, 9.17) is 23.7 Å². The van der Waals surface area contributed by atoms with Gasteiger partial charge >= 0.3 is 0 Å². The molecule has 2 aromatic carbocycles. The molecule has 11 nitrogen and oxygen atoms in total. The lowest BCUT2D eigenvalue weighted by molar-refractivity contribution is -0.293. The van der Waals surface area contributed by atoms with Crippen LogP contribution in [-0.4, -0.2) is 94.9 Å². The molecule has 0 saturated carbocycles. The van der Waals surface area contributed by atoms with Crippen molar-refractivity contribution >= 4 is 0 Å². The lowest BCUT2D eigenvalue weighted by Crippen LogP contribution is -2.57. The number of phenols is 1. The molecule has 0 aliphatic carbocycles. The monoisotopic (exact) mass is 524 g/mol. The standard InChI is InChI=1S/C26H36O11/c1-14-21(28)24(31)25(32)26(36-14)35-10-4-5-15-6-8-17(9-7-15)37-20(13-27)22(29)16-11-18(33-2)23(30)19(12-16)34-3/h6-9,11-12,14,20-22,24-32H,4-5,10,13H2,1-3H3/t14-,20?,21-,22?,24-,25-,26-/m1/s1. The van der Waals surface area contributed by atoms with E-state index in [0.29, 0.717) is 24.2 Å². The highest BCUT2D eigenvalue weighted by Gasteiger charge is 2.42. The first-order valence-corrected chi connectivity index (χ1v) is 12.0. The van der Waals surface area contributed by atoms with Gasteiger partial charge in [-0.3, -0.25) is 0 Å². The van der Waals surface area contributed by atoms with Crippen molar-refractivity contribution in [2.24, 2.45) is 0 Å². The van der Waals surface area contributed by atoms with Crippen molar-refractivity contribution in [3.63, 3.8) is 0 Å². The van der Waals surface area contributed by atoms with Crippen LogP contribution in [0.3, 0.4) is 0 Å². The molecule has 206 valence electrons. The number of methoxy groups -OCH3 is 2. The Kier molecular flexibility index (Phi) is 10.4. The third kappa shape index (κ3) is 7.02. The zero-order valence-corrected chi connectivity index (χ0v) is 21.1. The minimum absolute atomic E-state index is 0.117. The first-order valence-electron chi connectivity index (χ1n) is 12.0. The van der Waals surface area contributed by atoms with Gasteiger partial charge in [0.1, 0.15) is 30.2 Å². The minimum Gasteiger partial charge on any atom is -0.502 e. The summed E-state index contributed by atoms with van der Waals surface area (Å²) >= 11 is 0. The number of benzene rings is 2. The molecule has 11 heteroatoms. The number of hydrogen-bond donors (Lipinski definition) is 6. The van der Waals surface area contributed by atoms with E-state index in [1.54, 1.807) is 19.1 Å². The molecule has 2 aromatic rings. The first kappa shape index (κ1) is 28.9. The van der Waals surface area contributed by atoms with Crippen LogP contribution >= 0.6 is 0 Å². The summed E-state index contributed by atoms with van der Waals surface area (Å²) in [6, 6.07) is 10.0. The molecule has 0 aromatic heterocycles. The SMILES string of the molecule is COc1cc(C(O)C(CO)Oc2ccc(CCCO[C@@H]3O[C@H](C)[C@@H](O)[C@@H](O)[C@H]3O)cc2)cc(OC)c1O. The molecule has 1 aliphatic heterocycles. The number of aliphatic hydroxyl groups excluding tert-OH is 5. The normalized spacial score (nSPS) is 25.4. The summed E-state index contributed by atoms with van der Waals surface area (Å²) in [7, 11) is 2.75. The summed E-state index contributed by atoms with van der Waals surface area (Å²) in [6.45, 7) is 1.40. The Morgan fingerprint density at radius 1 is 0.946 bits per heavy atom. The van der Waals surface area contributed by atoms with Gasteiger partial charge in [0, 0.05) is 0 Å². The van der Waals surface area contributed by atoms with E-state index in [-0.39, 0.29) is 23.9 Å². The fraction of sp³-hybridized carbons (Fsp3) is 0.538. The number of aryl methyl sites for hydroxylation is 1.